The van der Waals surface area contributed by atoms with Gasteiger partial charge in [0, 0.05) is 12.4 Å². The van der Waals surface area contributed by atoms with Crippen molar-refractivity contribution in [1.82, 2.24) is 9.71 Å². The first-order valence-corrected chi connectivity index (χ1v) is 8.78. The van der Waals surface area contributed by atoms with Crippen LogP contribution in [0.5, 0.6) is 0 Å². The van der Waals surface area contributed by atoms with Crippen LogP contribution in [0.2, 0.25) is 0 Å². The molecule has 0 aliphatic rings. The topological polar surface area (TPSA) is 59.1 Å². The molecule has 0 radical (unpaired) electrons. The molecular weight excluding hydrogens is 327 g/mol. The Morgan fingerprint density at radius 3 is 2.08 bits per heavy atom. The summed E-state index contributed by atoms with van der Waals surface area (Å²) in [6, 6.07) is 17.2. The van der Waals surface area contributed by atoms with Gasteiger partial charge in [0.15, 0.2) is 0 Å². The fourth-order valence-electron chi connectivity index (χ4n) is 2.41. The van der Waals surface area contributed by atoms with E-state index in [2.05, 4.69) is 9.71 Å². The first-order chi connectivity index (χ1) is 11.6. The Kier molecular flexibility index (Phi) is 4.69. The van der Waals surface area contributed by atoms with E-state index in [-0.39, 0.29) is 4.90 Å². The summed E-state index contributed by atoms with van der Waals surface area (Å²) in [6.07, 6.45) is 3.17. The van der Waals surface area contributed by atoms with E-state index in [1.807, 2.05) is 30.3 Å². The molecule has 0 bridgehead atoms. The molecule has 0 spiro atoms. The van der Waals surface area contributed by atoms with Gasteiger partial charge in [-0.1, -0.05) is 42.5 Å². The summed E-state index contributed by atoms with van der Waals surface area (Å²) in [6.45, 7) is 0. The smallest absolute Gasteiger partial charge is 0.244 e. The lowest BCUT2D eigenvalue weighted by Gasteiger charge is -2.20. The van der Waals surface area contributed by atoms with E-state index in [9.17, 15) is 12.8 Å². The van der Waals surface area contributed by atoms with E-state index in [0.29, 0.717) is 0 Å². The Labute approximate surface area is 140 Å². The molecule has 122 valence electrons. The van der Waals surface area contributed by atoms with Crippen molar-refractivity contribution in [3.05, 3.63) is 96.1 Å². The Hall–Kier alpha value is -2.57. The third-order valence-electron chi connectivity index (χ3n) is 3.57. The number of hydrogen-bond donors (Lipinski definition) is 1. The molecular formula is C18H15FN2O2S. The summed E-state index contributed by atoms with van der Waals surface area (Å²) in [7, 11) is -4.03. The molecule has 1 atom stereocenters. The maximum atomic E-state index is 13.9. The number of rotatable bonds is 5. The normalized spacial score (nSPS) is 12.7. The zero-order valence-corrected chi connectivity index (χ0v) is 13.4. The van der Waals surface area contributed by atoms with Crippen LogP contribution < -0.4 is 4.72 Å². The molecule has 1 N–H and O–H groups in total. The fraction of sp³-hybridized carbons (Fsp3) is 0.0556. The van der Waals surface area contributed by atoms with E-state index < -0.39 is 21.9 Å². The number of pyridine rings is 1. The van der Waals surface area contributed by atoms with Crippen LogP contribution in [0.3, 0.4) is 0 Å². The molecule has 24 heavy (non-hydrogen) atoms. The van der Waals surface area contributed by atoms with E-state index in [1.165, 1.54) is 18.2 Å². The lowest BCUT2D eigenvalue weighted by molar-refractivity contribution is 0.550. The number of benzene rings is 2. The molecule has 1 aromatic heterocycles. The molecule has 3 rings (SSSR count). The van der Waals surface area contributed by atoms with Crippen molar-refractivity contribution in [3.63, 3.8) is 0 Å². The Morgan fingerprint density at radius 2 is 1.42 bits per heavy atom. The Bertz CT molecular complexity index is 877. The summed E-state index contributed by atoms with van der Waals surface area (Å²) in [5, 5.41) is 0. The molecule has 0 aliphatic heterocycles. The van der Waals surface area contributed by atoms with Crippen LogP contribution >= 0.6 is 0 Å². The quantitative estimate of drug-likeness (QED) is 0.774. The average Bonchev–Trinajstić information content (AvgIpc) is 2.61. The molecule has 3 aromatic rings. The van der Waals surface area contributed by atoms with Gasteiger partial charge in [-0.2, -0.15) is 4.72 Å². The number of aromatic nitrogens is 1. The minimum Gasteiger partial charge on any atom is -0.265 e. The number of nitrogens with zero attached hydrogens (tertiary/aromatic N) is 1. The third-order valence-corrected chi connectivity index (χ3v) is 5.03. The molecule has 2 aromatic carbocycles. The van der Waals surface area contributed by atoms with Gasteiger partial charge >= 0.3 is 0 Å². The van der Waals surface area contributed by atoms with E-state index in [0.717, 1.165) is 17.2 Å². The van der Waals surface area contributed by atoms with Gasteiger partial charge < -0.3 is 0 Å². The van der Waals surface area contributed by atoms with Gasteiger partial charge in [-0.3, -0.25) is 4.98 Å². The van der Waals surface area contributed by atoms with E-state index in [1.54, 1.807) is 24.5 Å². The average molecular weight is 342 g/mol. The van der Waals surface area contributed by atoms with Gasteiger partial charge in [0.1, 0.15) is 10.7 Å². The molecule has 0 saturated carbocycles. The van der Waals surface area contributed by atoms with Crippen molar-refractivity contribution >= 4 is 10.0 Å². The molecule has 1 heterocycles. The van der Waals surface area contributed by atoms with Crippen LogP contribution in [0.4, 0.5) is 4.39 Å². The molecule has 0 aliphatic carbocycles. The highest BCUT2D eigenvalue weighted by Crippen LogP contribution is 2.24. The van der Waals surface area contributed by atoms with Gasteiger partial charge in [-0.15, -0.1) is 0 Å². The highest BCUT2D eigenvalue weighted by atomic mass is 32.2. The van der Waals surface area contributed by atoms with Crippen molar-refractivity contribution in [2.24, 2.45) is 0 Å². The lowest BCUT2D eigenvalue weighted by Crippen LogP contribution is -2.30. The van der Waals surface area contributed by atoms with Crippen molar-refractivity contribution in [2.75, 3.05) is 0 Å². The van der Waals surface area contributed by atoms with Crippen molar-refractivity contribution in [2.45, 2.75) is 10.9 Å². The number of nitrogens with one attached hydrogen (secondary N) is 1. The minimum atomic E-state index is -4.03. The minimum absolute atomic E-state index is 0.375. The first-order valence-electron chi connectivity index (χ1n) is 7.30. The third kappa shape index (κ3) is 3.50. The number of halogens is 1. The summed E-state index contributed by atoms with van der Waals surface area (Å²) < 4.78 is 41.8. The molecule has 6 heteroatoms. The molecule has 0 saturated heterocycles. The highest BCUT2D eigenvalue weighted by molar-refractivity contribution is 7.89. The predicted molar refractivity (Wildman–Crippen MR) is 89.2 cm³/mol. The van der Waals surface area contributed by atoms with Crippen LogP contribution in [0.1, 0.15) is 17.2 Å². The Balaban J connectivity index is 2.03. The van der Waals surface area contributed by atoms with Gasteiger partial charge in [0.2, 0.25) is 10.0 Å². The first kappa shape index (κ1) is 16.3. The largest absolute Gasteiger partial charge is 0.265 e. The van der Waals surface area contributed by atoms with E-state index >= 15 is 0 Å². The van der Waals surface area contributed by atoms with Crippen LogP contribution in [-0.4, -0.2) is 13.4 Å². The summed E-state index contributed by atoms with van der Waals surface area (Å²) in [5.41, 5.74) is 1.47. The summed E-state index contributed by atoms with van der Waals surface area (Å²) >= 11 is 0. The molecule has 4 nitrogen and oxygen atoms in total. The van der Waals surface area contributed by atoms with Crippen molar-refractivity contribution in [1.29, 1.82) is 0 Å². The maximum absolute atomic E-state index is 13.9. The maximum Gasteiger partial charge on any atom is 0.244 e. The number of hydrogen-bond acceptors (Lipinski definition) is 3. The van der Waals surface area contributed by atoms with Gasteiger partial charge in [-0.25, -0.2) is 12.8 Å². The van der Waals surface area contributed by atoms with E-state index in [4.69, 9.17) is 0 Å². The van der Waals surface area contributed by atoms with Crippen LogP contribution in [0, 0.1) is 5.82 Å². The zero-order chi connectivity index (χ0) is 17.0. The van der Waals surface area contributed by atoms with Crippen molar-refractivity contribution < 1.29 is 12.8 Å². The van der Waals surface area contributed by atoms with Crippen LogP contribution in [-0.2, 0) is 10.0 Å². The van der Waals surface area contributed by atoms with Crippen LogP contribution in [0.15, 0.2) is 84.0 Å². The molecule has 0 fully saturated rings. The second-order valence-corrected chi connectivity index (χ2v) is 6.86. The zero-order valence-electron chi connectivity index (χ0n) is 12.6. The standard InChI is InChI=1S/C18H15FN2O2S/c19-16-8-4-5-9-17(16)24(22,23)21-18(14-6-2-1-3-7-14)15-10-12-20-13-11-15/h1-13,18,21H/t18-/m1/s1. The number of sulfonamides is 1. The van der Waals surface area contributed by atoms with Gasteiger partial charge in [0.25, 0.3) is 0 Å². The van der Waals surface area contributed by atoms with Crippen molar-refractivity contribution in [3.8, 4) is 0 Å². The van der Waals surface area contributed by atoms with Gasteiger partial charge in [0.05, 0.1) is 6.04 Å². The second kappa shape index (κ2) is 6.90. The lowest BCUT2D eigenvalue weighted by atomic mass is 10.0. The van der Waals surface area contributed by atoms with Gasteiger partial charge in [-0.05, 0) is 35.4 Å². The SMILES string of the molecule is O=S(=O)(N[C@H](c1ccccc1)c1ccncc1)c1ccccc1F. The molecule has 0 unspecified atom stereocenters. The monoisotopic (exact) mass is 342 g/mol. The Morgan fingerprint density at radius 1 is 0.833 bits per heavy atom. The van der Waals surface area contributed by atoms with Crippen LogP contribution in [0.25, 0.3) is 0 Å². The highest BCUT2D eigenvalue weighted by Gasteiger charge is 2.25. The second-order valence-electron chi connectivity index (χ2n) is 5.18. The molecule has 0 amide bonds. The fourth-order valence-corrected chi connectivity index (χ4v) is 3.70. The summed E-state index contributed by atoms with van der Waals surface area (Å²) in [5.74, 6) is -0.786. The predicted octanol–water partition coefficient (Wildman–Crippen LogP) is 3.29. The summed E-state index contributed by atoms with van der Waals surface area (Å²) in [4.78, 5) is 3.58.